The lowest BCUT2D eigenvalue weighted by Crippen LogP contribution is -2.26. The molecule has 1 fully saturated rings. The second-order valence-corrected chi connectivity index (χ2v) is 4.38. The molecule has 0 bridgehead atoms. The Hall–Kier alpha value is -0.570. The summed E-state index contributed by atoms with van der Waals surface area (Å²) >= 11 is 0. The maximum absolute atomic E-state index is 11.4. The molecule has 0 spiro atoms. The molecule has 1 aliphatic carbocycles. The van der Waals surface area contributed by atoms with E-state index < -0.39 is 0 Å². The molecule has 0 aromatic heterocycles. The van der Waals surface area contributed by atoms with Gasteiger partial charge < -0.3 is 9.84 Å². The molecule has 3 nitrogen and oxygen atoms in total. The first-order valence-corrected chi connectivity index (χ1v) is 6.10. The van der Waals surface area contributed by atoms with Crippen LogP contribution >= 0.6 is 0 Å². The van der Waals surface area contributed by atoms with Crippen molar-refractivity contribution < 1.29 is 14.6 Å². The lowest BCUT2D eigenvalue weighted by molar-refractivity contribution is -0.151. The van der Waals surface area contributed by atoms with Crippen LogP contribution in [0.3, 0.4) is 0 Å². The van der Waals surface area contributed by atoms with Gasteiger partial charge in [0.15, 0.2) is 0 Å². The Morgan fingerprint density at radius 3 is 2.53 bits per heavy atom. The van der Waals surface area contributed by atoms with Gasteiger partial charge in [-0.3, -0.25) is 4.79 Å². The maximum atomic E-state index is 11.4. The van der Waals surface area contributed by atoms with E-state index in [9.17, 15) is 9.90 Å². The van der Waals surface area contributed by atoms with Gasteiger partial charge in [-0.05, 0) is 32.1 Å². The van der Waals surface area contributed by atoms with Gasteiger partial charge in [0.05, 0.1) is 6.10 Å². The fourth-order valence-electron chi connectivity index (χ4n) is 1.93. The van der Waals surface area contributed by atoms with Gasteiger partial charge in [0.2, 0.25) is 0 Å². The zero-order valence-corrected chi connectivity index (χ0v) is 9.58. The van der Waals surface area contributed by atoms with E-state index in [-0.39, 0.29) is 18.2 Å². The van der Waals surface area contributed by atoms with Crippen molar-refractivity contribution in [2.24, 2.45) is 0 Å². The Morgan fingerprint density at radius 2 is 1.93 bits per heavy atom. The number of rotatable bonds is 5. The third-order valence-corrected chi connectivity index (χ3v) is 2.93. The fraction of sp³-hybridized carbons (Fsp3) is 0.917. The lowest BCUT2D eigenvalue weighted by Gasteiger charge is -2.25. The monoisotopic (exact) mass is 214 g/mol. The highest BCUT2D eigenvalue weighted by atomic mass is 16.5. The quantitative estimate of drug-likeness (QED) is 0.564. The molecule has 1 rings (SSSR count). The summed E-state index contributed by atoms with van der Waals surface area (Å²) in [6, 6.07) is 0. The largest absolute Gasteiger partial charge is 0.462 e. The molecule has 0 atom stereocenters. The molecule has 0 aliphatic heterocycles. The van der Waals surface area contributed by atoms with Crippen molar-refractivity contribution in [2.75, 3.05) is 0 Å². The highest BCUT2D eigenvalue weighted by Crippen LogP contribution is 2.21. The Kier molecular flexibility index (Phi) is 5.69. The number of aliphatic hydroxyl groups is 1. The van der Waals surface area contributed by atoms with Crippen molar-refractivity contribution >= 4 is 5.97 Å². The van der Waals surface area contributed by atoms with Crippen LogP contribution in [0.15, 0.2) is 0 Å². The molecule has 0 heterocycles. The van der Waals surface area contributed by atoms with Crippen molar-refractivity contribution in [2.45, 2.75) is 70.5 Å². The third kappa shape index (κ3) is 5.17. The highest BCUT2D eigenvalue weighted by molar-refractivity contribution is 5.69. The molecule has 0 saturated heterocycles. The zero-order chi connectivity index (χ0) is 11.1. The molecule has 1 N–H and O–H groups in total. The normalized spacial score (nSPS) is 26.3. The Labute approximate surface area is 91.8 Å². The van der Waals surface area contributed by atoms with Crippen LogP contribution < -0.4 is 0 Å². The van der Waals surface area contributed by atoms with E-state index in [2.05, 4.69) is 6.92 Å². The molecular formula is C12H22O3. The summed E-state index contributed by atoms with van der Waals surface area (Å²) in [5.74, 6) is -0.0650. The molecule has 1 saturated carbocycles. The maximum Gasteiger partial charge on any atom is 0.306 e. The van der Waals surface area contributed by atoms with Crippen LogP contribution in [0, 0.1) is 0 Å². The van der Waals surface area contributed by atoms with Gasteiger partial charge in [-0.25, -0.2) is 0 Å². The first-order valence-electron chi connectivity index (χ1n) is 6.10. The molecule has 0 radical (unpaired) electrons. The van der Waals surface area contributed by atoms with Crippen LogP contribution in [-0.2, 0) is 9.53 Å². The second-order valence-electron chi connectivity index (χ2n) is 4.38. The van der Waals surface area contributed by atoms with Crippen molar-refractivity contribution in [1.29, 1.82) is 0 Å². The Balaban J connectivity index is 2.09. The fourth-order valence-corrected chi connectivity index (χ4v) is 1.93. The zero-order valence-electron chi connectivity index (χ0n) is 9.58. The van der Waals surface area contributed by atoms with Crippen molar-refractivity contribution in [3.8, 4) is 0 Å². The lowest BCUT2D eigenvalue weighted by atomic mass is 9.95. The van der Waals surface area contributed by atoms with Crippen LogP contribution in [0.25, 0.3) is 0 Å². The SMILES string of the molecule is CCCCCC(=O)OC1CCC(O)CC1. The number of esters is 1. The highest BCUT2D eigenvalue weighted by Gasteiger charge is 2.21. The number of hydrogen-bond acceptors (Lipinski definition) is 3. The minimum atomic E-state index is -0.181. The summed E-state index contributed by atoms with van der Waals surface area (Å²) in [6.07, 6.45) is 6.77. The summed E-state index contributed by atoms with van der Waals surface area (Å²) < 4.78 is 5.34. The van der Waals surface area contributed by atoms with Gasteiger partial charge in [-0.2, -0.15) is 0 Å². The van der Waals surface area contributed by atoms with E-state index in [0.29, 0.717) is 6.42 Å². The third-order valence-electron chi connectivity index (χ3n) is 2.93. The van der Waals surface area contributed by atoms with E-state index >= 15 is 0 Å². The number of aliphatic hydroxyl groups excluding tert-OH is 1. The van der Waals surface area contributed by atoms with Crippen molar-refractivity contribution in [3.05, 3.63) is 0 Å². The second kappa shape index (κ2) is 6.83. The number of carbonyl (C=O) groups is 1. The first-order chi connectivity index (χ1) is 7.22. The predicted molar refractivity (Wildman–Crippen MR) is 58.5 cm³/mol. The number of hydrogen-bond donors (Lipinski definition) is 1. The van der Waals surface area contributed by atoms with E-state index in [0.717, 1.165) is 44.9 Å². The van der Waals surface area contributed by atoms with Gasteiger partial charge in [-0.15, -0.1) is 0 Å². The summed E-state index contributed by atoms with van der Waals surface area (Å²) in [5.41, 5.74) is 0. The van der Waals surface area contributed by atoms with Gasteiger partial charge in [0.25, 0.3) is 0 Å². The number of carbonyl (C=O) groups excluding carboxylic acids is 1. The Morgan fingerprint density at radius 1 is 1.27 bits per heavy atom. The van der Waals surface area contributed by atoms with Crippen LogP contribution in [0.4, 0.5) is 0 Å². The predicted octanol–water partition coefficient (Wildman–Crippen LogP) is 2.41. The molecule has 0 aromatic rings. The summed E-state index contributed by atoms with van der Waals surface area (Å²) in [5, 5.41) is 9.29. The topological polar surface area (TPSA) is 46.5 Å². The minimum absolute atomic E-state index is 0.0579. The molecule has 1 aliphatic rings. The molecule has 0 unspecified atom stereocenters. The van der Waals surface area contributed by atoms with Crippen LogP contribution in [0.2, 0.25) is 0 Å². The van der Waals surface area contributed by atoms with Crippen LogP contribution in [0.1, 0.15) is 58.3 Å². The standard InChI is InChI=1S/C12H22O3/c1-2-3-4-5-12(14)15-11-8-6-10(13)7-9-11/h10-11,13H,2-9H2,1H3. The van der Waals surface area contributed by atoms with Crippen LogP contribution in [0.5, 0.6) is 0 Å². The molecular weight excluding hydrogens is 192 g/mol. The van der Waals surface area contributed by atoms with E-state index in [1.54, 1.807) is 0 Å². The summed E-state index contributed by atoms with van der Waals surface area (Å²) in [4.78, 5) is 11.4. The molecule has 3 heteroatoms. The molecule has 88 valence electrons. The van der Waals surface area contributed by atoms with Crippen molar-refractivity contribution in [3.63, 3.8) is 0 Å². The summed E-state index contributed by atoms with van der Waals surface area (Å²) in [6.45, 7) is 2.12. The van der Waals surface area contributed by atoms with Gasteiger partial charge >= 0.3 is 5.97 Å². The molecule has 15 heavy (non-hydrogen) atoms. The molecule has 0 amide bonds. The average Bonchev–Trinajstić information content (AvgIpc) is 2.22. The van der Waals surface area contributed by atoms with Gasteiger partial charge in [0.1, 0.15) is 6.10 Å². The van der Waals surface area contributed by atoms with Gasteiger partial charge in [-0.1, -0.05) is 19.8 Å². The smallest absolute Gasteiger partial charge is 0.306 e. The van der Waals surface area contributed by atoms with E-state index in [4.69, 9.17) is 4.74 Å². The number of ether oxygens (including phenoxy) is 1. The van der Waals surface area contributed by atoms with E-state index in [1.165, 1.54) is 0 Å². The summed E-state index contributed by atoms with van der Waals surface area (Å²) in [7, 11) is 0. The molecule has 0 aromatic carbocycles. The average molecular weight is 214 g/mol. The number of unbranched alkanes of at least 4 members (excludes halogenated alkanes) is 2. The van der Waals surface area contributed by atoms with Crippen LogP contribution in [-0.4, -0.2) is 23.3 Å². The van der Waals surface area contributed by atoms with E-state index in [1.807, 2.05) is 0 Å². The minimum Gasteiger partial charge on any atom is -0.462 e. The Bertz CT molecular complexity index is 183. The van der Waals surface area contributed by atoms with Gasteiger partial charge in [0, 0.05) is 6.42 Å². The first kappa shape index (κ1) is 12.5. The van der Waals surface area contributed by atoms with Crippen molar-refractivity contribution in [1.82, 2.24) is 0 Å².